The first-order chi connectivity index (χ1) is 12.3. The first kappa shape index (κ1) is 16.9. The molecule has 7 atom stereocenters. The topological polar surface area (TPSA) is 36.9 Å². The third kappa shape index (κ3) is 2.43. The second kappa shape index (κ2) is 5.41. The highest BCUT2D eigenvalue weighted by Gasteiger charge is 2.55. The van der Waals surface area contributed by atoms with E-state index in [9.17, 15) is 0 Å². The van der Waals surface area contributed by atoms with Crippen molar-refractivity contribution in [3.63, 3.8) is 0 Å². The van der Waals surface area contributed by atoms with Crippen molar-refractivity contribution in [3.05, 3.63) is 48.1 Å². The van der Waals surface area contributed by atoms with Gasteiger partial charge in [0.15, 0.2) is 11.6 Å². The lowest BCUT2D eigenvalue weighted by molar-refractivity contribution is -0.149. The molecule has 4 nitrogen and oxygen atoms in total. The van der Waals surface area contributed by atoms with Crippen molar-refractivity contribution in [2.24, 2.45) is 17.8 Å². The zero-order valence-electron chi connectivity index (χ0n) is 16.0. The molecule has 0 aromatic carbocycles. The fourth-order valence-corrected chi connectivity index (χ4v) is 5.46. The molecule has 2 fully saturated rings. The van der Waals surface area contributed by atoms with Gasteiger partial charge in [-0.1, -0.05) is 37.0 Å². The van der Waals surface area contributed by atoms with Crippen LogP contribution in [0.4, 0.5) is 0 Å². The Morgan fingerprint density at radius 1 is 1.00 bits per heavy atom. The van der Waals surface area contributed by atoms with Crippen LogP contribution in [0.3, 0.4) is 0 Å². The standard InChI is InChI=1S/C22H28O4/c1-6-12-11-16-13-9-10-17-19(25-21(2,3)23-17)14(13)7-8-15(16)20-18(12)24-22(4,5)26-20/h6-7,9-11,13,15-20H,1,8H2,2-5H3/t13-,15+,16-,17-,18+,19+,20-/m0/s1. The van der Waals surface area contributed by atoms with Crippen molar-refractivity contribution in [2.45, 2.75) is 70.1 Å². The highest BCUT2D eigenvalue weighted by molar-refractivity contribution is 5.38. The minimum Gasteiger partial charge on any atom is -0.344 e. The Morgan fingerprint density at radius 2 is 1.73 bits per heavy atom. The summed E-state index contributed by atoms with van der Waals surface area (Å²) < 4.78 is 24.8. The van der Waals surface area contributed by atoms with Gasteiger partial charge in [0.05, 0.1) is 6.10 Å². The summed E-state index contributed by atoms with van der Waals surface area (Å²) in [5.41, 5.74) is 2.52. The third-order valence-electron chi connectivity index (χ3n) is 6.39. The molecule has 5 aliphatic rings. The van der Waals surface area contributed by atoms with Crippen LogP contribution in [0, 0.1) is 17.8 Å². The van der Waals surface area contributed by atoms with Crippen molar-refractivity contribution in [2.75, 3.05) is 0 Å². The fraction of sp³-hybridized carbons (Fsp3) is 0.636. The van der Waals surface area contributed by atoms with Crippen molar-refractivity contribution in [3.8, 4) is 0 Å². The Bertz CT molecular complexity index is 728. The van der Waals surface area contributed by atoms with E-state index in [1.165, 1.54) is 5.57 Å². The van der Waals surface area contributed by atoms with Crippen LogP contribution in [-0.2, 0) is 18.9 Å². The van der Waals surface area contributed by atoms with Crippen LogP contribution in [-0.4, -0.2) is 36.0 Å². The molecule has 0 bridgehead atoms. The number of ether oxygens (including phenoxy) is 4. The molecule has 0 radical (unpaired) electrons. The van der Waals surface area contributed by atoms with Crippen molar-refractivity contribution in [1.82, 2.24) is 0 Å². The van der Waals surface area contributed by atoms with Crippen LogP contribution < -0.4 is 0 Å². The first-order valence-corrected chi connectivity index (χ1v) is 9.72. The van der Waals surface area contributed by atoms with Crippen molar-refractivity contribution in [1.29, 1.82) is 0 Å². The number of hydrogen-bond donors (Lipinski definition) is 0. The largest absolute Gasteiger partial charge is 0.344 e. The van der Waals surface area contributed by atoms with Crippen molar-refractivity contribution < 1.29 is 18.9 Å². The maximum absolute atomic E-state index is 6.33. The third-order valence-corrected chi connectivity index (χ3v) is 6.39. The van der Waals surface area contributed by atoms with Crippen LogP contribution >= 0.6 is 0 Å². The zero-order chi connectivity index (χ0) is 18.3. The summed E-state index contributed by atoms with van der Waals surface area (Å²) in [6.45, 7) is 12.0. The summed E-state index contributed by atoms with van der Waals surface area (Å²) in [6, 6.07) is 0. The molecule has 5 rings (SSSR count). The second-order valence-corrected chi connectivity index (χ2v) is 9.00. The van der Waals surface area contributed by atoms with Gasteiger partial charge < -0.3 is 18.9 Å². The van der Waals surface area contributed by atoms with Gasteiger partial charge in [-0.15, -0.1) is 0 Å². The quantitative estimate of drug-likeness (QED) is 0.668. The summed E-state index contributed by atoms with van der Waals surface area (Å²) in [4.78, 5) is 0. The number of allylic oxidation sites excluding steroid dienone is 3. The molecule has 0 aromatic rings. The fourth-order valence-electron chi connectivity index (χ4n) is 5.46. The van der Waals surface area contributed by atoms with Gasteiger partial charge in [-0.2, -0.15) is 0 Å². The van der Waals surface area contributed by atoms with E-state index in [0.717, 1.165) is 12.0 Å². The highest BCUT2D eigenvalue weighted by atomic mass is 16.8. The smallest absolute Gasteiger partial charge is 0.164 e. The van der Waals surface area contributed by atoms with Crippen LogP contribution in [0.15, 0.2) is 48.1 Å². The Labute approximate surface area is 155 Å². The van der Waals surface area contributed by atoms with Crippen LogP contribution in [0.25, 0.3) is 0 Å². The predicted molar refractivity (Wildman–Crippen MR) is 98.2 cm³/mol. The molecule has 2 heterocycles. The van der Waals surface area contributed by atoms with Crippen LogP contribution in [0.1, 0.15) is 34.1 Å². The van der Waals surface area contributed by atoms with E-state index in [1.54, 1.807) is 0 Å². The molecule has 0 unspecified atom stereocenters. The van der Waals surface area contributed by atoms with E-state index in [2.05, 4.69) is 30.9 Å². The van der Waals surface area contributed by atoms with Gasteiger partial charge in [-0.25, -0.2) is 0 Å². The van der Waals surface area contributed by atoms with E-state index in [4.69, 9.17) is 18.9 Å². The second-order valence-electron chi connectivity index (χ2n) is 9.00. The average Bonchev–Trinajstić information content (AvgIpc) is 3.07. The van der Waals surface area contributed by atoms with E-state index < -0.39 is 11.6 Å². The van der Waals surface area contributed by atoms with Gasteiger partial charge in [-0.3, -0.25) is 0 Å². The number of fused-ring (bicyclic) bond motifs is 7. The molecule has 3 aliphatic carbocycles. The first-order valence-electron chi connectivity index (χ1n) is 9.72. The maximum atomic E-state index is 6.33. The molecule has 4 heteroatoms. The summed E-state index contributed by atoms with van der Waals surface area (Å²) in [6.07, 6.45) is 12.3. The van der Waals surface area contributed by atoms with Gasteiger partial charge in [0.2, 0.25) is 0 Å². The lowest BCUT2D eigenvalue weighted by Crippen LogP contribution is -2.46. The van der Waals surface area contributed by atoms with E-state index >= 15 is 0 Å². The van der Waals surface area contributed by atoms with E-state index in [0.29, 0.717) is 17.8 Å². The van der Waals surface area contributed by atoms with Gasteiger partial charge >= 0.3 is 0 Å². The molecular formula is C22H28O4. The van der Waals surface area contributed by atoms with Crippen LogP contribution in [0.5, 0.6) is 0 Å². The molecule has 26 heavy (non-hydrogen) atoms. The van der Waals surface area contributed by atoms with Crippen LogP contribution in [0.2, 0.25) is 0 Å². The molecule has 0 N–H and O–H groups in total. The summed E-state index contributed by atoms with van der Waals surface area (Å²) in [5, 5.41) is 0. The maximum Gasteiger partial charge on any atom is 0.164 e. The molecule has 140 valence electrons. The summed E-state index contributed by atoms with van der Waals surface area (Å²) in [7, 11) is 0. The lowest BCUT2D eigenvalue weighted by atomic mass is 9.62. The summed E-state index contributed by atoms with van der Waals surface area (Å²) in [5.74, 6) is 0.0482. The molecule has 0 saturated carbocycles. The number of hydrogen-bond acceptors (Lipinski definition) is 4. The minimum absolute atomic E-state index is 0.0102. The molecule has 0 spiro atoms. The van der Waals surface area contributed by atoms with Gasteiger partial charge in [0.1, 0.15) is 18.3 Å². The molecule has 2 aliphatic heterocycles. The monoisotopic (exact) mass is 356 g/mol. The van der Waals surface area contributed by atoms with Crippen molar-refractivity contribution >= 4 is 0 Å². The van der Waals surface area contributed by atoms with E-state index in [1.807, 2.05) is 33.8 Å². The Kier molecular flexibility index (Phi) is 3.53. The van der Waals surface area contributed by atoms with E-state index in [-0.39, 0.29) is 24.4 Å². The Morgan fingerprint density at radius 3 is 2.50 bits per heavy atom. The average molecular weight is 356 g/mol. The minimum atomic E-state index is -0.545. The Hall–Kier alpha value is -1.20. The normalized spacial score (nSPS) is 47.2. The van der Waals surface area contributed by atoms with Gasteiger partial charge in [-0.05, 0) is 57.1 Å². The van der Waals surface area contributed by atoms with Gasteiger partial charge in [0, 0.05) is 5.92 Å². The molecule has 2 saturated heterocycles. The Balaban J connectivity index is 1.52. The summed E-state index contributed by atoms with van der Waals surface area (Å²) >= 11 is 0. The highest BCUT2D eigenvalue weighted by Crippen LogP contribution is 2.52. The predicted octanol–water partition coefficient (Wildman–Crippen LogP) is 3.90. The zero-order valence-corrected chi connectivity index (χ0v) is 16.0. The molecule has 0 amide bonds. The number of rotatable bonds is 1. The molecule has 0 aromatic heterocycles. The molecular weight excluding hydrogens is 328 g/mol. The SMILES string of the molecule is C=CC1=C[C@@H]2[C@@H](CC=C3[C@H]4OC(C)(C)O[C@H]4C=C[C@@H]32)[C@@H]2OC(C)(C)O[C@H]12. The van der Waals surface area contributed by atoms with Gasteiger partial charge in [0.25, 0.3) is 0 Å². The lowest BCUT2D eigenvalue weighted by Gasteiger charge is -2.45.